The number of rotatable bonds is 8. The van der Waals surface area contributed by atoms with Crippen molar-refractivity contribution in [1.82, 2.24) is 23.6 Å². The Bertz CT molecular complexity index is 1960. The average Bonchev–Trinajstić information content (AvgIpc) is 3.74. The lowest BCUT2D eigenvalue weighted by atomic mass is 9.99. The van der Waals surface area contributed by atoms with Crippen molar-refractivity contribution in [2.24, 2.45) is 0 Å². The van der Waals surface area contributed by atoms with Crippen molar-refractivity contribution in [3.8, 4) is 22.3 Å². The van der Waals surface area contributed by atoms with Gasteiger partial charge in [-0.25, -0.2) is 21.8 Å². The zero-order valence-electron chi connectivity index (χ0n) is 26.3. The zero-order valence-corrected chi connectivity index (χ0v) is 27.1. The van der Waals surface area contributed by atoms with Gasteiger partial charge in [-0.2, -0.15) is 5.10 Å². The molecule has 2 aliphatic rings. The Morgan fingerprint density at radius 3 is 2.39 bits per heavy atom. The second-order valence-corrected chi connectivity index (χ2v) is 13.9. The number of fused-ring (bicyclic) bond motifs is 1. The van der Waals surface area contributed by atoms with E-state index in [1.54, 1.807) is 55.0 Å². The van der Waals surface area contributed by atoms with Crippen LogP contribution in [0, 0.1) is 5.82 Å². The fourth-order valence-electron chi connectivity index (χ4n) is 6.77. The van der Waals surface area contributed by atoms with Crippen LogP contribution in [-0.2, 0) is 21.2 Å². The molecule has 9 nitrogen and oxygen atoms in total. The summed E-state index contributed by atoms with van der Waals surface area (Å²) < 4.78 is 52.4. The van der Waals surface area contributed by atoms with E-state index in [1.807, 2.05) is 29.9 Å². The summed E-state index contributed by atoms with van der Waals surface area (Å²) in [7, 11) is -3.94. The van der Waals surface area contributed by atoms with Gasteiger partial charge in [0.1, 0.15) is 5.82 Å². The number of morpholine rings is 1. The normalized spacial score (nSPS) is 16.8. The van der Waals surface area contributed by atoms with Gasteiger partial charge in [0.25, 0.3) is 10.0 Å². The van der Waals surface area contributed by atoms with Crippen molar-refractivity contribution in [3.63, 3.8) is 0 Å². The van der Waals surface area contributed by atoms with Crippen molar-refractivity contribution < 1.29 is 17.5 Å². The number of benzene rings is 2. The highest BCUT2D eigenvalue weighted by Crippen LogP contribution is 2.37. The van der Waals surface area contributed by atoms with Crippen LogP contribution in [0.5, 0.6) is 0 Å². The van der Waals surface area contributed by atoms with Crippen LogP contribution < -0.4 is 4.90 Å². The van der Waals surface area contributed by atoms with E-state index in [1.165, 1.54) is 3.97 Å². The SMILES string of the molecule is CCc1cc(-c2cnc3c(c2)c(-c2cnn(C4CCN(CC)CC4)c2)cn3S(=O)(=O)c2ccccc2)cc(F)c1N1CCOCC1. The van der Waals surface area contributed by atoms with Crippen molar-refractivity contribution in [2.45, 2.75) is 44.0 Å². The molecule has 0 spiro atoms. The molecule has 46 heavy (non-hydrogen) atoms. The van der Waals surface area contributed by atoms with Crippen molar-refractivity contribution in [3.05, 3.63) is 84.7 Å². The van der Waals surface area contributed by atoms with Crippen LogP contribution in [0.3, 0.4) is 0 Å². The van der Waals surface area contributed by atoms with Crippen LogP contribution in [0.25, 0.3) is 33.3 Å². The predicted octanol–water partition coefficient (Wildman–Crippen LogP) is 6.00. The maximum absolute atomic E-state index is 15.8. The van der Waals surface area contributed by atoms with Crippen molar-refractivity contribution in [2.75, 3.05) is 50.8 Å². The highest BCUT2D eigenvalue weighted by molar-refractivity contribution is 7.90. The maximum atomic E-state index is 15.8. The molecule has 3 aromatic heterocycles. The summed E-state index contributed by atoms with van der Waals surface area (Å²) in [5.74, 6) is -0.281. The fourth-order valence-corrected chi connectivity index (χ4v) is 8.11. The molecule has 0 saturated carbocycles. The van der Waals surface area contributed by atoms with E-state index in [2.05, 4.69) is 16.7 Å². The van der Waals surface area contributed by atoms with Crippen LogP contribution in [0.2, 0.25) is 0 Å². The Morgan fingerprint density at radius 1 is 0.913 bits per heavy atom. The lowest BCUT2D eigenvalue weighted by Crippen LogP contribution is -2.37. The van der Waals surface area contributed by atoms with Crippen LogP contribution >= 0.6 is 0 Å². The average molecular weight is 643 g/mol. The van der Waals surface area contributed by atoms with Gasteiger partial charge in [0.2, 0.25) is 0 Å². The molecule has 2 aromatic carbocycles. The van der Waals surface area contributed by atoms with Gasteiger partial charge in [0, 0.05) is 66.8 Å². The smallest absolute Gasteiger partial charge is 0.269 e. The molecule has 0 amide bonds. The molecule has 0 radical (unpaired) electrons. The number of anilines is 1. The summed E-state index contributed by atoms with van der Waals surface area (Å²) in [6.45, 7) is 9.75. The monoisotopic (exact) mass is 642 g/mol. The molecule has 2 fully saturated rings. The molecule has 11 heteroatoms. The molecule has 0 atom stereocenters. The summed E-state index contributed by atoms with van der Waals surface area (Å²) in [4.78, 5) is 9.38. The summed E-state index contributed by atoms with van der Waals surface area (Å²) in [5, 5.41) is 5.39. The van der Waals surface area contributed by atoms with Crippen LogP contribution in [0.1, 0.15) is 38.3 Å². The van der Waals surface area contributed by atoms with Gasteiger partial charge >= 0.3 is 0 Å². The van der Waals surface area contributed by atoms with E-state index in [9.17, 15) is 8.42 Å². The highest BCUT2D eigenvalue weighted by Gasteiger charge is 2.26. The maximum Gasteiger partial charge on any atom is 0.269 e. The fraction of sp³-hybridized carbons (Fsp3) is 0.371. The molecule has 2 saturated heterocycles. The number of pyridine rings is 1. The number of nitrogens with zero attached hydrogens (tertiary/aromatic N) is 6. The minimum absolute atomic E-state index is 0.177. The first-order valence-electron chi connectivity index (χ1n) is 16.1. The van der Waals surface area contributed by atoms with Gasteiger partial charge in [-0.3, -0.25) is 4.68 Å². The number of likely N-dealkylation sites (tertiary alicyclic amines) is 1. The van der Waals surface area contributed by atoms with E-state index in [0.29, 0.717) is 66.1 Å². The Kier molecular flexibility index (Phi) is 8.39. The Morgan fingerprint density at radius 2 is 1.67 bits per heavy atom. The first kappa shape index (κ1) is 30.6. The molecule has 0 N–H and O–H groups in total. The van der Waals surface area contributed by atoms with Crippen LogP contribution in [0.15, 0.2) is 78.2 Å². The van der Waals surface area contributed by atoms with Gasteiger partial charge in [0.15, 0.2) is 5.65 Å². The topological polar surface area (TPSA) is 85.5 Å². The minimum atomic E-state index is -3.94. The molecule has 0 aliphatic carbocycles. The van der Waals surface area contributed by atoms with Crippen molar-refractivity contribution >= 4 is 26.7 Å². The van der Waals surface area contributed by atoms with E-state index >= 15 is 4.39 Å². The summed E-state index contributed by atoms with van der Waals surface area (Å²) in [6, 6.07) is 14.2. The predicted molar refractivity (Wildman–Crippen MR) is 178 cm³/mol. The molecule has 0 bridgehead atoms. The first-order valence-corrected chi connectivity index (χ1v) is 17.6. The standard InChI is InChI=1S/C35H39FN6O3S/c1-3-25-18-26(20-33(36)34(25)40-14-16-45-17-15-40)27-19-31-32(28-22-38-41(23-28)29-10-12-39(4-2)13-11-29)24-42(35(31)37-21-27)46(43,44)30-8-6-5-7-9-30/h5-9,18-24,29H,3-4,10-17H2,1-2H3. The number of hydrogen-bond donors (Lipinski definition) is 0. The molecule has 5 heterocycles. The third-order valence-corrected chi connectivity index (χ3v) is 11.1. The second kappa shape index (κ2) is 12.6. The molecular formula is C35H39FN6O3S. The largest absolute Gasteiger partial charge is 0.378 e. The molecule has 7 rings (SSSR count). The number of aromatic nitrogens is 4. The number of piperidine rings is 1. The Balaban J connectivity index is 1.34. The third-order valence-electron chi connectivity index (χ3n) is 9.39. The third kappa shape index (κ3) is 5.61. The van der Waals surface area contributed by atoms with Crippen LogP contribution in [-0.4, -0.2) is 78.0 Å². The number of hydrogen-bond acceptors (Lipinski definition) is 7. The number of ether oxygens (including phenoxy) is 1. The van der Waals surface area contributed by atoms with Crippen molar-refractivity contribution in [1.29, 1.82) is 0 Å². The zero-order chi connectivity index (χ0) is 31.8. The van der Waals surface area contributed by atoms with Crippen LogP contribution in [0.4, 0.5) is 10.1 Å². The molecule has 5 aromatic rings. The van der Waals surface area contributed by atoms with E-state index in [-0.39, 0.29) is 16.8 Å². The summed E-state index contributed by atoms with van der Waals surface area (Å²) in [5.41, 5.74) is 4.79. The first-order chi connectivity index (χ1) is 22.4. The van der Waals surface area contributed by atoms with Gasteiger partial charge in [-0.15, -0.1) is 0 Å². The quantitative estimate of drug-likeness (QED) is 0.205. The molecule has 0 unspecified atom stereocenters. The van der Waals surface area contributed by atoms with Gasteiger partial charge in [-0.1, -0.05) is 32.0 Å². The van der Waals surface area contributed by atoms with Gasteiger partial charge in [-0.05, 0) is 67.3 Å². The van der Waals surface area contributed by atoms with Gasteiger partial charge in [0.05, 0.1) is 36.0 Å². The van der Waals surface area contributed by atoms with E-state index in [0.717, 1.165) is 43.6 Å². The second-order valence-electron chi connectivity index (χ2n) is 12.0. The number of halogens is 1. The lowest BCUT2D eigenvalue weighted by Gasteiger charge is -2.31. The summed E-state index contributed by atoms with van der Waals surface area (Å²) >= 11 is 0. The van der Waals surface area contributed by atoms with E-state index in [4.69, 9.17) is 14.8 Å². The molecule has 2 aliphatic heterocycles. The minimum Gasteiger partial charge on any atom is -0.378 e. The number of aryl methyl sites for hydroxylation is 1. The molecular weight excluding hydrogens is 603 g/mol. The highest BCUT2D eigenvalue weighted by atomic mass is 32.2. The Hall–Kier alpha value is -4.06. The van der Waals surface area contributed by atoms with E-state index < -0.39 is 10.0 Å². The lowest BCUT2D eigenvalue weighted by molar-refractivity contribution is 0.122. The summed E-state index contributed by atoms with van der Waals surface area (Å²) in [6.07, 6.45) is 9.78. The molecule has 240 valence electrons. The Labute approximate surface area is 269 Å². The van der Waals surface area contributed by atoms with Gasteiger partial charge < -0.3 is 14.5 Å².